The van der Waals surface area contributed by atoms with Gasteiger partial charge in [0.15, 0.2) is 0 Å². The fraction of sp³-hybridized carbons (Fsp3) is 0.867. The van der Waals surface area contributed by atoms with E-state index in [1.807, 2.05) is 34.6 Å². The number of nitrogens with one attached hydrogen (secondary N) is 2. The summed E-state index contributed by atoms with van der Waals surface area (Å²) >= 11 is 0. The number of amides is 2. The average molecular weight is 285 g/mol. The Morgan fingerprint density at radius 3 is 1.95 bits per heavy atom. The molecule has 0 aromatic heterocycles. The Balaban J connectivity index is 4.48. The van der Waals surface area contributed by atoms with E-state index < -0.39 is 6.04 Å². The van der Waals surface area contributed by atoms with Gasteiger partial charge in [-0.25, -0.2) is 0 Å². The lowest BCUT2D eigenvalue weighted by Crippen LogP contribution is -2.55. The molecule has 0 spiro atoms. The van der Waals surface area contributed by atoms with Gasteiger partial charge in [0, 0.05) is 18.6 Å². The third-order valence-electron chi connectivity index (χ3n) is 3.68. The number of nitrogens with zero attached hydrogens (tertiary/aromatic N) is 1. The Hall–Kier alpha value is -1.10. The smallest absolute Gasteiger partial charge is 0.239 e. The van der Waals surface area contributed by atoms with Crippen molar-refractivity contribution in [2.24, 2.45) is 0 Å². The number of rotatable bonds is 8. The van der Waals surface area contributed by atoms with Crippen LogP contribution in [0.5, 0.6) is 0 Å². The lowest BCUT2D eigenvalue weighted by molar-refractivity contribution is -0.133. The summed E-state index contributed by atoms with van der Waals surface area (Å²) in [5.41, 5.74) is -0.223. The van der Waals surface area contributed by atoms with Gasteiger partial charge < -0.3 is 10.2 Å². The van der Waals surface area contributed by atoms with E-state index in [4.69, 9.17) is 0 Å². The van der Waals surface area contributed by atoms with Crippen LogP contribution in [0.2, 0.25) is 0 Å². The molecule has 2 unspecified atom stereocenters. The van der Waals surface area contributed by atoms with Gasteiger partial charge >= 0.3 is 0 Å². The van der Waals surface area contributed by atoms with Crippen molar-refractivity contribution in [3.63, 3.8) is 0 Å². The van der Waals surface area contributed by atoms with Crippen molar-refractivity contribution in [3.05, 3.63) is 0 Å². The molecule has 0 saturated carbocycles. The molecule has 0 radical (unpaired) electrons. The summed E-state index contributed by atoms with van der Waals surface area (Å²) in [5, 5.41) is 6.05. The standard InChI is InChI=1S/C15H31N3O2/c1-8-15(6,7)17-13(19)11(4)16-12(5)14(20)18(9-2)10-3/h11-12,16H,8-10H2,1-7H3,(H,17,19). The molecule has 0 saturated heterocycles. The molecule has 5 nitrogen and oxygen atoms in total. The highest BCUT2D eigenvalue weighted by Gasteiger charge is 2.25. The first kappa shape index (κ1) is 18.9. The minimum Gasteiger partial charge on any atom is -0.350 e. The van der Waals surface area contributed by atoms with Crippen molar-refractivity contribution in [2.75, 3.05) is 13.1 Å². The van der Waals surface area contributed by atoms with Crippen molar-refractivity contribution in [1.82, 2.24) is 15.5 Å². The topological polar surface area (TPSA) is 61.4 Å². The van der Waals surface area contributed by atoms with E-state index in [-0.39, 0.29) is 23.4 Å². The van der Waals surface area contributed by atoms with Gasteiger partial charge in [-0.1, -0.05) is 6.92 Å². The second-order valence-corrected chi connectivity index (χ2v) is 5.85. The third-order valence-corrected chi connectivity index (χ3v) is 3.68. The van der Waals surface area contributed by atoms with Gasteiger partial charge in [-0.15, -0.1) is 0 Å². The summed E-state index contributed by atoms with van der Waals surface area (Å²) in [6.07, 6.45) is 0.861. The molecule has 0 rings (SSSR count). The molecule has 2 N–H and O–H groups in total. The molecule has 2 atom stereocenters. The van der Waals surface area contributed by atoms with Crippen LogP contribution in [0.1, 0.15) is 54.9 Å². The quantitative estimate of drug-likeness (QED) is 0.711. The fourth-order valence-corrected chi connectivity index (χ4v) is 1.86. The van der Waals surface area contributed by atoms with Crippen molar-refractivity contribution >= 4 is 11.8 Å². The molecule has 0 aliphatic carbocycles. The minimum absolute atomic E-state index is 0.0319. The first-order valence-corrected chi connectivity index (χ1v) is 7.55. The number of carbonyl (C=O) groups is 2. The number of hydrogen-bond acceptors (Lipinski definition) is 3. The van der Waals surface area contributed by atoms with Crippen LogP contribution in [-0.4, -0.2) is 47.4 Å². The second kappa shape index (κ2) is 8.25. The Labute approximate surface area is 123 Å². The number of likely N-dealkylation sites (N-methyl/N-ethyl adjacent to an activating group) is 1. The van der Waals surface area contributed by atoms with Crippen LogP contribution in [0.3, 0.4) is 0 Å². The fourth-order valence-electron chi connectivity index (χ4n) is 1.86. The largest absolute Gasteiger partial charge is 0.350 e. The van der Waals surface area contributed by atoms with Crippen molar-refractivity contribution in [1.29, 1.82) is 0 Å². The molecule has 2 amide bonds. The molecule has 5 heteroatoms. The maximum Gasteiger partial charge on any atom is 0.239 e. The van der Waals surface area contributed by atoms with Crippen molar-refractivity contribution in [2.45, 2.75) is 72.5 Å². The first-order chi connectivity index (χ1) is 9.18. The van der Waals surface area contributed by atoms with Gasteiger partial charge in [0.05, 0.1) is 12.1 Å². The van der Waals surface area contributed by atoms with Gasteiger partial charge in [-0.3, -0.25) is 14.9 Å². The number of hydrogen-bond donors (Lipinski definition) is 2. The Bertz CT molecular complexity index is 325. The van der Waals surface area contributed by atoms with Gasteiger partial charge in [0.25, 0.3) is 0 Å². The van der Waals surface area contributed by atoms with Gasteiger partial charge in [0.1, 0.15) is 0 Å². The maximum absolute atomic E-state index is 12.1. The average Bonchev–Trinajstić information content (AvgIpc) is 2.39. The minimum atomic E-state index is -0.393. The summed E-state index contributed by atoms with van der Waals surface area (Å²) in [6, 6.07) is -0.754. The van der Waals surface area contributed by atoms with E-state index >= 15 is 0 Å². The maximum atomic E-state index is 12.1. The monoisotopic (exact) mass is 285 g/mol. The van der Waals surface area contributed by atoms with Crippen LogP contribution in [0.15, 0.2) is 0 Å². The molecule has 0 heterocycles. The van der Waals surface area contributed by atoms with E-state index in [2.05, 4.69) is 10.6 Å². The van der Waals surface area contributed by atoms with E-state index in [0.29, 0.717) is 13.1 Å². The van der Waals surface area contributed by atoms with Gasteiger partial charge in [-0.2, -0.15) is 0 Å². The van der Waals surface area contributed by atoms with Crippen molar-refractivity contribution < 1.29 is 9.59 Å². The highest BCUT2D eigenvalue weighted by atomic mass is 16.2. The molecule has 118 valence electrons. The molecule has 20 heavy (non-hydrogen) atoms. The molecule has 0 aliphatic heterocycles. The summed E-state index contributed by atoms with van der Waals surface area (Å²) in [4.78, 5) is 26.0. The van der Waals surface area contributed by atoms with Crippen LogP contribution in [0.25, 0.3) is 0 Å². The van der Waals surface area contributed by atoms with E-state index in [1.54, 1.807) is 18.7 Å². The SMILES string of the molecule is CCN(CC)C(=O)C(C)NC(C)C(=O)NC(C)(C)CC. The van der Waals surface area contributed by atoms with Crippen molar-refractivity contribution in [3.8, 4) is 0 Å². The van der Waals surface area contributed by atoms with Crippen LogP contribution >= 0.6 is 0 Å². The van der Waals surface area contributed by atoms with E-state index in [0.717, 1.165) is 6.42 Å². The zero-order chi connectivity index (χ0) is 15.9. The second-order valence-electron chi connectivity index (χ2n) is 5.85. The highest BCUT2D eigenvalue weighted by molar-refractivity contribution is 5.85. The first-order valence-electron chi connectivity index (χ1n) is 7.55. The third kappa shape index (κ3) is 5.90. The summed E-state index contributed by atoms with van der Waals surface area (Å²) in [6.45, 7) is 14.9. The molecular formula is C15H31N3O2. The van der Waals surface area contributed by atoms with Gasteiger partial charge in [-0.05, 0) is 48.0 Å². The molecule has 0 bridgehead atoms. The van der Waals surface area contributed by atoms with Crippen LogP contribution in [0, 0.1) is 0 Å². The summed E-state index contributed by atoms with van der Waals surface area (Å²) < 4.78 is 0. The molecule has 0 aliphatic rings. The van der Waals surface area contributed by atoms with Crippen LogP contribution < -0.4 is 10.6 Å². The predicted molar refractivity (Wildman–Crippen MR) is 82.5 cm³/mol. The lowest BCUT2D eigenvalue weighted by atomic mass is 10.0. The Morgan fingerprint density at radius 1 is 1.05 bits per heavy atom. The summed E-state index contributed by atoms with van der Waals surface area (Å²) in [7, 11) is 0. The Kier molecular flexibility index (Phi) is 7.79. The molecular weight excluding hydrogens is 254 g/mol. The Morgan fingerprint density at radius 2 is 1.55 bits per heavy atom. The normalized spacial score (nSPS) is 14.6. The zero-order valence-electron chi connectivity index (χ0n) is 14.0. The van der Waals surface area contributed by atoms with E-state index in [9.17, 15) is 9.59 Å². The van der Waals surface area contributed by atoms with Crippen LogP contribution in [-0.2, 0) is 9.59 Å². The molecule has 0 aromatic carbocycles. The highest BCUT2D eigenvalue weighted by Crippen LogP contribution is 2.07. The van der Waals surface area contributed by atoms with E-state index in [1.165, 1.54) is 0 Å². The number of carbonyl (C=O) groups excluding carboxylic acids is 2. The molecule has 0 fully saturated rings. The zero-order valence-corrected chi connectivity index (χ0v) is 14.0. The summed E-state index contributed by atoms with van der Waals surface area (Å²) in [5.74, 6) is -0.0413. The van der Waals surface area contributed by atoms with Gasteiger partial charge in [0.2, 0.25) is 11.8 Å². The molecule has 0 aromatic rings. The van der Waals surface area contributed by atoms with Crippen LogP contribution in [0.4, 0.5) is 0 Å². The lowest BCUT2D eigenvalue weighted by Gasteiger charge is -2.29. The predicted octanol–water partition coefficient (Wildman–Crippen LogP) is 1.53.